The van der Waals surface area contributed by atoms with E-state index in [9.17, 15) is 4.79 Å². The largest absolute Gasteiger partial charge is 0.497 e. The second-order valence-corrected chi connectivity index (χ2v) is 7.75. The summed E-state index contributed by atoms with van der Waals surface area (Å²) >= 11 is 0. The number of hydrogen-bond acceptors (Lipinski definition) is 2. The molecule has 1 saturated heterocycles. The molecule has 2 aromatic carbocycles. The Morgan fingerprint density at radius 1 is 1.04 bits per heavy atom. The van der Waals surface area contributed by atoms with Crippen LogP contribution in [0.3, 0.4) is 0 Å². The molecule has 141 valence electrons. The summed E-state index contributed by atoms with van der Waals surface area (Å²) in [7, 11) is 1.68. The molecule has 2 aromatic rings. The van der Waals surface area contributed by atoms with Crippen molar-refractivity contribution in [1.29, 1.82) is 0 Å². The van der Waals surface area contributed by atoms with Crippen LogP contribution < -0.4 is 4.74 Å². The van der Waals surface area contributed by atoms with Crippen LogP contribution >= 0.6 is 0 Å². The van der Waals surface area contributed by atoms with Crippen molar-refractivity contribution in [2.24, 2.45) is 0 Å². The molecule has 0 unspecified atom stereocenters. The monoisotopic (exact) mass is 441 g/mol. The average molecular weight is 441 g/mol. The third kappa shape index (κ3) is 5.73. The number of nitrogens with zero attached hydrogens (tertiary/aromatic N) is 1. The molecule has 1 fully saturated rings. The standard InChI is InChI=1S/C23H30NO2.Y/c1-18-13-22(26-3)14-19(2)23(18)15-21(25)17-24(11-7-8-12-24)16-20-9-5-4-6-10-20;/h4-6,9-10,13-14H,7-8,11-12,15-17H2,1-3H3;/q+1;. The van der Waals surface area contributed by atoms with Crippen LogP contribution in [0.15, 0.2) is 42.5 Å². The van der Waals surface area contributed by atoms with Crippen molar-refractivity contribution in [2.75, 3.05) is 26.7 Å². The van der Waals surface area contributed by atoms with E-state index < -0.39 is 0 Å². The summed E-state index contributed by atoms with van der Waals surface area (Å²) in [5, 5.41) is 0. The molecule has 0 atom stereocenters. The van der Waals surface area contributed by atoms with Crippen molar-refractivity contribution >= 4 is 5.78 Å². The van der Waals surface area contributed by atoms with E-state index in [0.29, 0.717) is 18.7 Å². The van der Waals surface area contributed by atoms with Gasteiger partial charge in [-0.3, -0.25) is 4.79 Å². The zero-order valence-electron chi connectivity index (χ0n) is 16.8. The number of benzene rings is 2. The van der Waals surface area contributed by atoms with E-state index in [2.05, 4.69) is 44.2 Å². The van der Waals surface area contributed by atoms with Crippen molar-refractivity contribution in [2.45, 2.75) is 39.7 Å². The van der Waals surface area contributed by atoms with E-state index in [1.54, 1.807) is 7.11 Å². The van der Waals surface area contributed by atoms with Gasteiger partial charge in [-0.1, -0.05) is 30.3 Å². The molecule has 0 saturated carbocycles. The minimum atomic E-state index is 0. The Hall–Kier alpha value is -1.03. The third-order valence-corrected chi connectivity index (χ3v) is 5.67. The van der Waals surface area contributed by atoms with Gasteiger partial charge in [-0.05, 0) is 42.7 Å². The second kappa shape index (κ2) is 9.95. The zero-order chi connectivity index (χ0) is 18.6. The molecular formula is C23H30NO2Y+. The predicted molar refractivity (Wildman–Crippen MR) is 105 cm³/mol. The number of likely N-dealkylation sites (tertiary alicyclic amines) is 1. The Morgan fingerprint density at radius 2 is 1.63 bits per heavy atom. The first-order chi connectivity index (χ1) is 12.5. The first kappa shape index (κ1) is 22.3. The SMILES string of the molecule is COc1cc(C)c(CC(=O)C[N+]2(Cc3ccccc3)CCCC2)c(C)c1.[Y]. The van der Waals surface area contributed by atoms with E-state index in [-0.39, 0.29) is 32.7 Å². The molecule has 1 aliphatic rings. The quantitative estimate of drug-likeness (QED) is 0.602. The predicted octanol–water partition coefficient (Wildman–Crippen LogP) is 4.23. The number of ether oxygens (including phenoxy) is 1. The van der Waals surface area contributed by atoms with Gasteiger partial charge in [0.05, 0.1) is 20.2 Å². The van der Waals surface area contributed by atoms with Crippen LogP contribution in [-0.2, 0) is 50.5 Å². The molecule has 0 bridgehead atoms. The van der Waals surface area contributed by atoms with Crippen LogP contribution in [-0.4, -0.2) is 37.0 Å². The Labute approximate surface area is 188 Å². The number of carbonyl (C=O) groups excluding carboxylic acids is 1. The number of Topliss-reactive ketones (excluding diaryl/α,β-unsaturated/α-hetero) is 1. The van der Waals surface area contributed by atoms with Crippen LogP contribution in [0.25, 0.3) is 0 Å². The maximum absolute atomic E-state index is 13.0. The number of rotatable bonds is 7. The van der Waals surface area contributed by atoms with Gasteiger partial charge in [-0.2, -0.15) is 0 Å². The summed E-state index contributed by atoms with van der Waals surface area (Å²) in [5.74, 6) is 1.21. The molecule has 0 amide bonds. The Morgan fingerprint density at radius 3 is 2.19 bits per heavy atom. The number of methoxy groups -OCH3 is 1. The molecule has 0 aromatic heterocycles. The van der Waals surface area contributed by atoms with Gasteiger partial charge in [-0.25, -0.2) is 0 Å². The van der Waals surface area contributed by atoms with Gasteiger partial charge < -0.3 is 9.22 Å². The molecule has 0 spiro atoms. The Kier molecular flexibility index (Phi) is 8.21. The van der Waals surface area contributed by atoms with Crippen molar-refractivity contribution in [1.82, 2.24) is 0 Å². The van der Waals surface area contributed by atoms with E-state index >= 15 is 0 Å². The van der Waals surface area contributed by atoms with E-state index in [4.69, 9.17) is 4.74 Å². The van der Waals surface area contributed by atoms with Gasteiger partial charge in [0.1, 0.15) is 18.8 Å². The number of aryl methyl sites for hydroxylation is 2. The van der Waals surface area contributed by atoms with Crippen LogP contribution in [0, 0.1) is 13.8 Å². The number of ketones is 1. The molecule has 27 heavy (non-hydrogen) atoms. The summed E-state index contributed by atoms with van der Waals surface area (Å²) in [6.45, 7) is 7.97. The second-order valence-electron chi connectivity index (χ2n) is 7.75. The molecular weight excluding hydrogens is 411 g/mol. The van der Waals surface area contributed by atoms with Gasteiger partial charge in [0.15, 0.2) is 5.78 Å². The fraction of sp³-hybridized carbons (Fsp3) is 0.435. The van der Waals surface area contributed by atoms with Gasteiger partial charge in [0.25, 0.3) is 0 Å². The van der Waals surface area contributed by atoms with E-state index in [1.165, 1.54) is 18.4 Å². The fourth-order valence-electron chi connectivity index (χ4n) is 4.33. The first-order valence-corrected chi connectivity index (χ1v) is 9.56. The molecule has 3 rings (SSSR count). The smallest absolute Gasteiger partial charge is 0.191 e. The minimum absolute atomic E-state index is 0. The van der Waals surface area contributed by atoms with Crippen LogP contribution in [0.2, 0.25) is 0 Å². The van der Waals surface area contributed by atoms with Gasteiger partial charge in [0, 0.05) is 57.5 Å². The number of quaternary nitrogens is 1. The van der Waals surface area contributed by atoms with Crippen molar-refractivity contribution in [3.63, 3.8) is 0 Å². The number of hydrogen-bond donors (Lipinski definition) is 0. The van der Waals surface area contributed by atoms with Crippen molar-refractivity contribution in [3.05, 3.63) is 64.7 Å². The Bertz CT molecular complexity index is 744. The molecule has 1 aliphatic heterocycles. The minimum Gasteiger partial charge on any atom is -0.497 e. The average Bonchev–Trinajstić information content (AvgIpc) is 3.06. The molecule has 1 heterocycles. The topological polar surface area (TPSA) is 26.3 Å². The zero-order valence-corrected chi connectivity index (χ0v) is 19.7. The van der Waals surface area contributed by atoms with Gasteiger partial charge in [-0.15, -0.1) is 0 Å². The molecule has 0 aliphatic carbocycles. The number of carbonyl (C=O) groups is 1. The van der Waals surface area contributed by atoms with Crippen LogP contribution in [0.5, 0.6) is 5.75 Å². The van der Waals surface area contributed by atoms with Gasteiger partial charge >= 0.3 is 0 Å². The molecule has 1 radical (unpaired) electrons. The summed E-state index contributed by atoms with van der Waals surface area (Å²) in [6.07, 6.45) is 2.97. The fourth-order valence-corrected chi connectivity index (χ4v) is 4.33. The summed E-state index contributed by atoms with van der Waals surface area (Å²) in [6, 6.07) is 14.7. The Balaban J connectivity index is 0.00000261. The maximum atomic E-state index is 13.0. The van der Waals surface area contributed by atoms with Crippen molar-refractivity contribution < 1.29 is 46.7 Å². The molecule has 0 N–H and O–H groups in total. The molecule has 4 heteroatoms. The maximum Gasteiger partial charge on any atom is 0.191 e. The summed E-state index contributed by atoms with van der Waals surface area (Å²) < 4.78 is 6.25. The van der Waals surface area contributed by atoms with Crippen molar-refractivity contribution in [3.8, 4) is 5.75 Å². The first-order valence-electron chi connectivity index (χ1n) is 9.56. The normalized spacial score (nSPS) is 15.2. The van der Waals surface area contributed by atoms with Crippen LogP contribution in [0.1, 0.15) is 35.1 Å². The van der Waals surface area contributed by atoms with Crippen LogP contribution in [0.4, 0.5) is 0 Å². The third-order valence-electron chi connectivity index (χ3n) is 5.67. The van der Waals surface area contributed by atoms with E-state index in [0.717, 1.165) is 46.6 Å². The summed E-state index contributed by atoms with van der Waals surface area (Å²) in [4.78, 5) is 13.0. The summed E-state index contributed by atoms with van der Waals surface area (Å²) in [5.41, 5.74) is 4.78. The molecule has 3 nitrogen and oxygen atoms in total. The van der Waals surface area contributed by atoms with Gasteiger partial charge in [0.2, 0.25) is 0 Å². The van der Waals surface area contributed by atoms with E-state index in [1.807, 2.05) is 12.1 Å².